The standard InChI is InChI=1S/C26H39NO4.ClH/c1-17(2)15-30-25(28)21-8-5-19(6-9-21)11-20-7-10-22-14-27-24(13-23(22)12-20)26(29)31-16-18(3)4;/h5-6,8-9,17-18,20,22-24,27H,7,10-16H2,1-4H3;1H/t20-,22+,23-,24+;/m1./s1. The SMILES string of the molecule is CC(C)COC(=O)c1ccc(C[C@H]2CC[C@H]3CN[C@H](C(=O)OCC(C)C)C[C@H]3C2)cc1.Cl. The van der Waals surface area contributed by atoms with Gasteiger partial charge in [0.15, 0.2) is 0 Å². The summed E-state index contributed by atoms with van der Waals surface area (Å²) in [5.41, 5.74) is 1.89. The quantitative estimate of drug-likeness (QED) is 0.544. The number of rotatable bonds is 8. The minimum atomic E-state index is -0.245. The molecule has 1 saturated heterocycles. The predicted molar refractivity (Wildman–Crippen MR) is 129 cm³/mol. The molecule has 1 aliphatic carbocycles. The molecular formula is C26H40ClNO4. The van der Waals surface area contributed by atoms with Crippen molar-refractivity contribution in [2.75, 3.05) is 19.8 Å². The number of ether oxygens (including phenoxy) is 2. The van der Waals surface area contributed by atoms with Gasteiger partial charge in [0.05, 0.1) is 18.8 Å². The van der Waals surface area contributed by atoms with Crippen LogP contribution < -0.4 is 5.32 Å². The first kappa shape index (κ1) is 26.7. The number of esters is 2. The van der Waals surface area contributed by atoms with Crippen LogP contribution in [0.25, 0.3) is 0 Å². The Hall–Kier alpha value is -1.59. The second-order valence-corrected chi connectivity index (χ2v) is 10.3. The highest BCUT2D eigenvalue weighted by Gasteiger charge is 2.38. The van der Waals surface area contributed by atoms with Crippen molar-refractivity contribution in [1.82, 2.24) is 5.32 Å². The Balaban J connectivity index is 0.00000363. The summed E-state index contributed by atoms with van der Waals surface area (Å²) in [5.74, 6) is 2.25. The largest absolute Gasteiger partial charge is 0.464 e. The molecule has 4 atom stereocenters. The van der Waals surface area contributed by atoms with Crippen LogP contribution in [0.1, 0.15) is 69.3 Å². The zero-order chi connectivity index (χ0) is 22.4. The fraction of sp³-hybridized carbons (Fsp3) is 0.692. The highest BCUT2D eigenvalue weighted by Crippen LogP contribution is 2.40. The van der Waals surface area contributed by atoms with E-state index in [1.165, 1.54) is 24.8 Å². The number of carbonyl (C=O) groups excluding carboxylic acids is 2. The Morgan fingerprint density at radius 2 is 1.59 bits per heavy atom. The Morgan fingerprint density at radius 1 is 0.938 bits per heavy atom. The summed E-state index contributed by atoms with van der Waals surface area (Å²) in [4.78, 5) is 24.5. The van der Waals surface area contributed by atoms with Crippen molar-refractivity contribution >= 4 is 24.3 Å². The van der Waals surface area contributed by atoms with E-state index in [0.29, 0.717) is 48.4 Å². The van der Waals surface area contributed by atoms with Gasteiger partial charge in [-0.05, 0) is 85.9 Å². The molecule has 0 aromatic heterocycles. The number of nitrogens with one attached hydrogen (secondary N) is 1. The van der Waals surface area contributed by atoms with Crippen molar-refractivity contribution in [2.24, 2.45) is 29.6 Å². The van der Waals surface area contributed by atoms with Crippen LogP contribution >= 0.6 is 12.4 Å². The number of carbonyl (C=O) groups is 2. The van der Waals surface area contributed by atoms with Gasteiger partial charge in [0.25, 0.3) is 0 Å². The van der Waals surface area contributed by atoms with E-state index in [2.05, 4.69) is 31.3 Å². The van der Waals surface area contributed by atoms with Crippen molar-refractivity contribution in [2.45, 2.75) is 65.8 Å². The van der Waals surface area contributed by atoms with Gasteiger partial charge in [-0.25, -0.2) is 4.79 Å². The molecule has 2 aliphatic rings. The molecule has 180 valence electrons. The van der Waals surface area contributed by atoms with Gasteiger partial charge in [-0.15, -0.1) is 12.4 Å². The Labute approximate surface area is 199 Å². The molecule has 3 rings (SSSR count). The van der Waals surface area contributed by atoms with Crippen LogP contribution in [0.5, 0.6) is 0 Å². The Bertz CT molecular complexity index is 734. The van der Waals surface area contributed by atoms with Crippen LogP contribution in [0.4, 0.5) is 0 Å². The zero-order valence-electron chi connectivity index (χ0n) is 20.0. The molecule has 0 bridgehead atoms. The van der Waals surface area contributed by atoms with Crippen LogP contribution in [0.15, 0.2) is 24.3 Å². The van der Waals surface area contributed by atoms with Gasteiger partial charge >= 0.3 is 11.9 Å². The van der Waals surface area contributed by atoms with Crippen LogP contribution in [-0.2, 0) is 20.7 Å². The van der Waals surface area contributed by atoms with E-state index < -0.39 is 0 Å². The van der Waals surface area contributed by atoms with E-state index in [1.54, 1.807) is 0 Å². The smallest absolute Gasteiger partial charge is 0.338 e. The molecule has 6 heteroatoms. The van der Waals surface area contributed by atoms with Crippen LogP contribution in [0, 0.1) is 29.6 Å². The first-order chi connectivity index (χ1) is 14.8. The third-order valence-corrected chi connectivity index (χ3v) is 6.52. The maximum atomic E-state index is 12.4. The van der Waals surface area contributed by atoms with E-state index in [9.17, 15) is 9.59 Å². The van der Waals surface area contributed by atoms with Crippen molar-refractivity contribution in [3.63, 3.8) is 0 Å². The Morgan fingerprint density at radius 3 is 2.25 bits per heavy atom. The second-order valence-electron chi connectivity index (χ2n) is 10.3. The van der Waals surface area contributed by atoms with Gasteiger partial charge in [-0.2, -0.15) is 0 Å². The predicted octanol–water partition coefficient (Wildman–Crippen LogP) is 5.06. The molecule has 0 unspecified atom stereocenters. The van der Waals surface area contributed by atoms with Gasteiger partial charge < -0.3 is 14.8 Å². The molecule has 2 fully saturated rings. The van der Waals surface area contributed by atoms with Crippen molar-refractivity contribution in [3.05, 3.63) is 35.4 Å². The van der Waals surface area contributed by atoms with E-state index in [0.717, 1.165) is 19.4 Å². The minimum absolute atomic E-state index is 0. The second kappa shape index (κ2) is 12.6. The molecule has 0 radical (unpaired) electrons. The fourth-order valence-corrected chi connectivity index (χ4v) is 4.81. The molecule has 0 spiro atoms. The van der Waals surface area contributed by atoms with Crippen LogP contribution in [0.2, 0.25) is 0 Å². The maximum Gasteiger partial charge on any atom is 0.338 e. The van der Waals surface area contributed by atoms with Crippen molar-refractivity contribution in [3.8, 4) is 0 Å². The number of fused-ring (bicyclic) bond motifs is 1. The summed E-state index contributed by atoms with van der Waals surface area (Å²) in [6.07, 6.45) is 5.52. The van der Waals surface area contributed by atoms with Gasteiger partial charge in [0, 0.05) is 0 Å². The molecule has 1 N–H and O–H groups in total. The normalized spacial score (nSPS) is 25.1. The topological polar surface area (TPSA) is 64.6 Å². The number of benzene rings is 1. The fourth-order valence-electron chi connectivity index (χ4n) is 4.81. The van der Waals surface area contributed by atoms with E-state index in [-0.39, 0.29) is 30.4 Å². The lowest BCUT2D eigenvalue weighted by Crippen LogP contribution is -2.50. The van der Waals surface area contributed by atoms with E-state index in [4.69, 9.17) is 9.47 Å². The van der Waals surface area contributed by atoms with Gasteiger partial charge in [-0.1, -0.05) is 39.8 Å². The van der Waals surface area contributed by atoms with Gasteiger partial charge in [0.1, 0.15) is 6.04 Å². The molecule has 0 amide bonds. The van der Waals surface area contributed by atoms with E-state index in [1.807, 2.05) is 26.0 Å². The lowest BCUT2D eigenvalue weighted by Gasteiger charge is -2.42. The monoisotopic (exact) mass is 465 g/mol. The summed E-state index contributed by atoms with van der Waals surface area (Å²) in [6.45, 7) is 10.1. The van der Waals surface area contributed by atoms with Crippen molar-refractivity contribution in [1.29, 1.82) is 0 Å². The summed E-state index contributed by atoms with van der Waals surface area (Å²) in [7, 11) is 0. The van der Waals surface area contributed by atoms with Crippen molar-refractivity contribution < 1.29 is 19.1 Å². The molecule has 1 saturated carbocycles. The average Bonchev–Trinajstić information content (AvgIpc) is 2.75. The zero-order valence-corrected chi connectivity index (χ0v) is 20.8. The highest BCUT2D eigenvalue weighted by molar-refractivity contribution is 5.89. The molecule has 1 aliphatic heterocycles. The highest BCUT2D eigenvalue weighted by atomic mass is 35.5. The maximum absolute atomic E-state index is 12.4. The molecule has 1 aromatic carbocycles. The third-order valence-electron chi connectivity index (χ3n) is 6.52. The summed E-state index contributed by atoms with van der Waals surface area (Å²) in [5, 5.41) is 3.42. The first-order valence-electron chi connectivity index (χ1n) is 12.0. The lowest BCUT2D eigenvalue weighted by molar-refractivity contribution is -0.149. The van der Waals surface area contributed by atoms with E-state index >= 15 is 0 Å². The van der Waals surface area contributed by atoms with Crippen LogP contribution in [-0.4, -0.2) is 37.7 Å². The average molecular weight is 466 g/mol. The number of piperidine rings is 1. The van der Waals surface area contributed by atoms with Gasteiger partial charge in [-0.3, -0.25) is 4.79 Å². The molecule has 5 nitrogen and oxygen atoms in total. The first-order valence-corrected chi connectivity index (χ1v) is 12.0. The lowest BCUT2D eigenvalue weighted by atomic mass is 9.68. The Kier molecular flexibility index (Phi) is 10.5. The third kappa shape index (κ3) is 7.77. The molecule has 1 aromatic rings. The summed E-state index contributed by atoms with van der Waals surface area (Å²) in [6, 6.07) is 7.73. The summed E-state index contributed by atoms with van der Waals surface area (Å²) >= 11 is 0. The number of hydrogen-bond acceptors (Lipinski definition) is 5. The molecule has 32 heavy (non-hydrogen) atoms. The molecular weight excluding hydrogens is 426 g/mol. The van der Waals surface area contributed by atoms with Gasteiger partial charge in [0.2, 0.25) is 0 Å². The molecule has 1 heterocycles. The summed E-state index contributed by atoms with van der Waals surface area (Å²) < 4.78 is 10.8. The van der Waals surface area contributed by atoms with Crippen LogP contribution in [0.3, 0.4) is 0 Å². The number of halogens is 1. The minimum Gasteiger partial charge on any atom is -0.464 e. The number of hydrogen-bond donors (Lipinski definition) is 1.